The molecule has 0 fully saturated rings. The van der Waals surface area contributed by atoms with Gasteiger partial charge in [-0.2, -0.15) is 0 Å². The molecule has 0 amide bonds. The zero-order chi connectivity index (χ0) is 73.9. The van der Waals surface area contributed by atoms with Crippen LogP contribution in [0.1, 0.15) is 445 Å². The number of aliphatic hydroxyl groups is 1. The molecule has 0 heterocycles. The average molecular weight is 1480 g/mol. The van der Waals surface area contributed by atoms with Crippen LogP contribution in [0.3, 0.4) is 0 Å². The van der Waals surface area contributed by atoms with Gasteiger partial charge in [0.25, 0.3) is 0 Å². The summed E-state index contributed by atoms with van der Waals surface area (Å²) in [5, 5.41) is 10.6. The lowest BCUT2D eigenvalue weighted by atomic mass is 10.0. The lowest BCUT2D eigenvalue weighted by Gasteiger charge is -2.21. The number of hydrogen-bond acceptors (Lipinski definition) is 15. The van der Waals surface area contributed by atoms with Crippen molar-refractivity contribution in [3.8, 4) is 0 Å². The van der Waals surface area contributed by atoms with Crippen LogP contribution in [0.2, 0.25) is 0 Å². The number of esters is 4. The van der Waals surface area contributed by atoms with Crippen molar-refractivity contribution in [3.05, 3.63) is 0 Å². The predicted octanol–water partition coefficient (Wildman–Crippen LogP) is 25.0. The molecule has 3 N–H and O–H groups in total. The monoisotopic (exact) mass is 1480 g/mol. The van der Waals surface area contributed by atoms with Crippen molar-refractivity contribution < 1.29 is 80.2 Å². The maximum absolute atomic E-state index is 13.1. The van der Waals surface area contributed by atoms with E-state index in [2.05, 4.69) is 27.7 Å². The first-order valence-corrected chi connectivity index (χ1v) is 45.8. The van der Waals surface area contributed by atoms with Crippen LogP contribution in [0.4, 0.5) is 0 Å². The van der Waals surface area contributed by atoms with Gasteiger partial charge in [-0.15, -0.1) is 0 Å². The third-order valence-electron chi connectivity index (χ3n) is 19.4. The molecule has 0 aromatic heterocycles. The van der Waals surface area contributed by atoms with E-state index in [4.69, 9.17) is 37.0 Å². The van der Waals surface area contributed by atoms with Crippen molar-refractivity contribution in [1.29, 1.82) is 0 Å². The Labute approximate surface area is 619 Å². The van der Waals surface area contributed by atoms with E-state index >= 15 is 0 Å². The summed E-state index contributed by atoms with van der Waals surface area (Å²) in [5.41, 5.74) is 0. The van der Waals surface area contributed by atoms with Gasteiger partial charge in [-0.1, -0.05) is 394 Å². The average Bonchev–Trinajstić information content (AvgIpc) is 0.968. The molecule has 0 aliphatic heterocycles. The van der Waals surface area contributed by atoms with Crippen LogP contribution in [-0.4, -0.2) is 96.7 Å². The fourth-order valence-corrected chi connectivity index (χ4v) is 14.4. The first-order chi connectivity index (χ1) is 49.2. The fraction of sp³-hybridized carbons (Fsp3) is 0.951. The summed E-state index contributed by atoms with van der Waals surface area (Å²) in [6.45, 7) is 5.02. The van der Waals surface area contributed by atoms with Crippen molar-refractivity contribution >= 4 is 39.5 Å². The molecule has 17 nitrogen and oxygen atoms in total. The van der Waals surface area contributed by atoms with Crippen LogP contribution in [0.15, 0.2) is 0 Å². The van der Waals surface area contributed by atoms with Gasteiger partial charge in [-0.25, -0.2) is 9.13 Å². The van der Waals surface area contributed by atoms with Crippen molar-refractivity contribution in [2.75, 3.05) is 39.6 Å². The standard InChI is InChI=1S/C82H160O17P2/c1-5-9-13-17-21-25-29-32-35-36-37-38-39-40-41-43-46-49-53-57-61-65-69-82(87)99-78(73-93-80(85)67-63-59-55-51-47-45-42-33-30-26-22-18-14-10-6-2)75-97-101(90,91)95-71-76(83)70-94-100(88,89)96-74-77(72-92-79(84)66-62-58-54-50-28-24-20-16-12-8-4)98-81(86)68-64-60-56-52-48-44-34-31-27-23-19-15-11-7-3/h76-78,83H,5-75H2,1-4H3,(H,88,89)(H,90,91)/t76-,77+,78+/m0/s1. The van der Waals surface area contributed by atoms with Gasteiger partial charge in [-0.3, -0.25) is 37.3 Å². The van der Waals surface area contributed by atoms with E-state index in [1.165, 1.54) is 276 Å². The number of phosphoric acid groups is 2. The van der Waals surface area contributed by atoms with Crippen LogP contribution < -0.4 is 0 Å². The number of aliphatic hydroxyl groups excluding tert-OH is 1. The van der Waals surface area contributed by atoms with Crippen LogP contribution >= 0.6 is 15.6 Å². The second-order valence-corrected chi connectivity index (χ2v) is 32.4. The number of rotatable bonds is 83. The van der Waals surface area contributed by atoms with Crippen LogP contribution in [-0.2, 0) is 65.4 Å². The Morgan fingerprint density at radius 3 is 0.584 bits per heavy atom. The van der Waals surface area contributed by atoms with Gasteiger partial charge in [0, 0.05) is 25.7 Å². The summed E-state index contributed by atoms with van der Waals surface area (Å²) in [6, 6.07) is 0. The molecule has 5 atom stereocenters. The maximum Gasteiger partial charge on any atom is 0.472 e. The van der Waals surface area contributed by atoms with E-state index in [9.17, 15) is 43.2 Å². The second kappa shape index (κ2) is 76.3. The lowest BCUT2D eigenvalue weighted by Crippen LogP contribution is -2.30. The SMILES string of the molecule is CCCCCCCCCCCCCCCCCCCCCCCCC(=O)O[C@H](COC(=O)CCCCCCCCCCCCCCCCC)COP(=O)(O)OC[C@@H](O)COP(=O)(O)OC[C@@H](COC(=O)CCCCCCCCCCCC)OC(=O)CCCCCCCCCCCCCCCC. The van der Waals surface area contributed by atoms with Gasteiger partial charge < -0.3 is 33.8 Å². The third-order valence-corrected chi connectivity index (χ3v) is 21.3. The highest BCUT2D eigenvalue weighted by atomic mass is 31.2. The second-order valence-electron chi connectivity index (χ2n) is 29.5. The van der Waals surface area contributed by atoms with E-state index in [-0.39, 0.29) is 25.7 Å². The van der Waals surface area contributed by atoms with Crippen molar-refractivity contribution in [2.45, 2.75) is 463 Å². The van der Waals surface area contributed by atoms with E-state index in [0.29, 0.717) is 25.7 Å². The number of phosphoric ester groups is 2. The topological polar surface area (TPSA) is 237 Å². The number of hydrogen-bond donors (Lipinski definition) is 3. The normalized spacial score (nSPS) is 13.8. The van der Waals surface area contributed by atoms with Crippen LogP contribution in [0.25, 0.3) is 0 Å². The maximum atomic E-state index is 13.1. The zero-order valence-electron chi connectivity index (χ0n) is 65.9. The summed E-state index contributed by atoms with van der Waals surface area (Å²) >= 11 is 0. The first kappa shape index (κ1) is 99.1. The van der Waals surface area contributed by atoms with Gasteiger partial charge in [-0.05, 0) is 25.7 Å². The number of carbonyl (C=O) groups is 4. The minimum atomic E-state index is -4.96. The molecule has 0 saturated carbocycles. The van der Waals surface area contributed by atoms with Gasteiger partial charge in [0.15, 0.2) is 12.2 Å². The fourth-order valence-electron chi connectivity index (χ4n) is 12.8. The van der Waals surface area contributed by atoms with Crippen LogP contribution in [0.5, 0.6) is 0 Å². The molecule has 101 heavy (non-hydrogen) atoms. The number of carbonyl (C=O) groups excluding carboxylic acids is 4. The molecule has 0 radical (unpaired) electrons. The highest BCUT2D eigenvalue weighted by Gasteiger charge is 2.30. The van der Waals surface area contributed by atoms with E-state index in [1.807, 2.05) is 0 Å². The van der Waals surface area contributed by atoms with Gasteiger partial charge in [0.2, 0.25) is 0 Å². The highest BCUT2D eigenvalue weighted by molar-refractivity contribution is 7.47. The van der Waals surface area contributed by atoms with Crippen molar-refractivity contribution in [2.24, 2.45) is 0 Å². The molecule has 0 saturated heterocycles. The Hall–Kier alpha value is -1.94. The summed E-state index contributed by atoms with van der Waals surface area (Å²) in [4.78, 5) is 73.0. The molecule has 600 valence electrons. The van der Waals surface area contributed by atoms with Gasteiger partial charge in [0.05, 0.1) is 26.4 Å². The smallest absolute Gasteiger partial charge is 0.462 e. The predicted molar refractivity (Wildman–Crippen MR) is 414 cm³/mol. The minimum absolute atomic E-state index is 0.109. The lowest BCUT2D eigenvalue weighted by molar-refractivity contribution is -0.161. The zero-order valence-corrected chi connectivity index (χ0v) is 67.7. The highest BCUT2D eigenvalue weighted by Crippen LogP contribution is 2.45. The molecular weight excluding hydrogens is 1320 g/mol. The largest absolute Gasteiger partial charge is 0.472 e. The van der Waals surface area contributed by atoms with Crippen molar-refractivity contribution in [1.82, 2.24) is 0 Å². The molecule has 19 heteroatoms. The van der Waals surface area contributed by atoms with Gasteiger partial charge in [0.1, 0.15) is 19.3 Å². The Morgan fingerprint density at radius 2 is 0.396 bits per heavy atom. The molecule has 0 bridgehead atoms. The van der Waals surface area contributed by atoms with E-state index in [1.54, 1.807) is 0 Å². The molecule has 2 unspecified atom stereocenters. The Morgan fingerprint density at radius 1 is 0.238 bits per heavy atom. The third kappa shape index (κ3) is 76.1. The quantitative estimate of drug-likeness (QED) is 0.0222. The van der Waals surface area contributed by atoms with Gasteiger partial charge >= 0.3 is 39.5 Å². The van der Waals surface area contributed by atoms with Crippen molar-refractivity contribution in [3.63, 3.8) is 0 Å². The van der Waals surface area contributed by atoms with E-state index < -0.39 is 97.5 Å². The Kier molecular flexibility index (Phi) is 74.8. The summed E-state index contributed by atoms with van der Waals surface area (Å²) in [7, 11) is -9.92. The molecule has 0 aromatic rings. The minimum Gasteiger partial charge on any atom is -0.462 e. The molecular formula is C82H160O17P2. The number of ether oxygens (including phenoxy) is 4. The molecule has 0 rings (SSSR count). The summed E-state index contributed by atoms with van der Waals surface area (Å²) < 4.78 is 68.7. The van der Waals surface area contributed by atoms with Crippen LogP contribution in [0, 0.1) is 0 Å². The molecule has 0 spiro atoms. The Bertz CT molecular complexity index is 1910. The summed E-state index contributed by atoms with van der Waals surface area (Å²) in [5.74, 6) is -2.10. The first-order valence-electron chi connectivity index (χ1n) is 42.8. The van der Waals surface area contributed by atoms with E-state index in [0.717, 1.165) is 89.9 Å². The molecule has 0 aromatic carbocycles. The summed E-state index contributed by atoms with van der Waals surface area (Å²) in [6.07, 6.45) is 69.4. The molecule has 0 aliphatic carbocycles. The number of unbranched alkanes of at least 4 members (excludes halogenated alkanes) is 57. The Balaban J connectivity index is 5.20. The molecule has 0 aliphatic rings.